The molecule has 98 valence electrons. The summed E-state index contributed by atoms with van der Waals surface area (Å²) in [5.74, 6) is 1.07. The third kappa shape index (κ3) is 2.41. The van der Waals surface area contributed by atoms with E-state index in [-0.39, 0.29) is 0 Å². The van der Waals surface area contributed by atoms with Crippen LogP contribution < -0.4 is 10.2 Å². The highest BCUT2D eigenvalue weighted by Crippen LogP contribution is 2.23. The molecule has 2 N–H and O–H groups in total. The minimum atomic E-state index is 0.595. The van der Waals surface area contributed by atoms with Crippen molar-refractivity contribution in [3.8, 4) is 0 Å². The number of aromatic amines is 1. The van der Waals surface area contributed by atoms with Crippen molar-refractivity contribution in [2.45, 2.75) is 12.8 Å². The molecule has 0 atom stereocenters. The molecule has 1 saturated heterocycles. The molecule has 2 aliphatic heterocycles. The highest BCUT2D eigenvalue weighted by Gasteiger charge is 2.20. The summed E-state index contributed by atoms with van der Waals surface area (Å²) in [5, 5.41) is 3.42. The fourth-order valence-electron chi connectivity index (χ4n) is 2.60. The van der Waals surface area contributed by atoms with Crippen LogP contribution in [-0.2, 0) is 17.6 Å². The van der Waals surface area contributed by atoms with Gasteiger partial charge in [0.15, 0.2) is 4.77 Å². The molecule has 0 unspecified atom stereocenters. The van der Waals surface area contributed by atoms with E-state index in [1.54, 1.807) is 0 Å². The fraction of sp³-hybridized carbons (Fsp3) is 0.667. The van der Waals surface area contributed by atoms with Gasteiger partial charge in [-0.3, -0.25) is 0 Å². The van der Waals surface area contributed by atoms with Crippen molar-refractivity contribution < 1.29 is 4.74 Å². The average molecular weight is 266 g/mol. The van der Waals surface area contributed by atoms with Crippen LogP contribution in [0.1, 0.15) is 11.3 Å². The number of fused-ring (bicyclic) bond motifs is 1. The Morgan fingerprint density at radius 3 is 2.78 bits per heavy atom. The lowest BCUT2D eigenvalue weighted by molar-refractivity contribution is 0.122. The summed E-state index contributed by atoms with van der Waals surface area (Å²) in [6.07, 6.45) is 2.01. The number of H-pyrrole nitrogens is 1. The van der Waals surface area contributed by atoms with Crippen molar-refractivity contribution in [1.82, 2.24) is 15.3 Å². The zero-order valence-corrected chi connectivity index (χ0v) is 11.2. The lowest BCUT2D eigenvalue weighted by atomic mass is 10.1. The molecule has 0 aliphatic carbocycles. The highest BCUT2D eigenvalue weighted by molar-refractivity contribution is 7.71. The van der Waals surface area contributed by atoms with Crippen molar-refractivity contribution in [2.24, 2.45) is 0 Å². The van der Waals surface area contributed by atoms with Crippen LogP contribution in [0, 0.1) is 4.77 Å². The van der Waals surface area contributed by atoms with Crippen molar-refractivity contribution in [3.63, 3.8) is 0 Å². The van der Waals surface area contributed by atoms with E-state index in [0.29, 0.717) is 4.77 Å². The number of rotatable bonds is 1. The van der Waals surface area contributed by atoms with Gasteiger partial charge in [-0.05, 0) is 25.2 Å². The molecule has 2 aliphatic rings. The molecule has 0 radical (unpaired) electrons. The van der Waals surface area contributed by atoms with Crippen LogP contribution in [0.25, 0.3) is 0 Å². The highest BCUT2D eigenvalue weighted by atomic mass is 32.1. The number of aromatic nitrogens is 2. The van der Waals surface area contributed by atoms with Gasteiger partial charge in [0.1, 0.15) is 5.82 Å². The van der Waals surface area contributed by atoms with Crippen LogP contribution in [0.2, 0.25) is 0 Å². The normalized spacial score (nSPS) is 20.3. The number of hydrogen-bond acceptors (Lipinski definition) is 5. The Morgan fingerprint density at radius 1 is 1.17 bits per heavy atom. The van der Waals surface area contributed by atoms with Crippen LogP contribution in [-0.4, -0.2) is 49.4 Å². The number of morpholine rings is 1. The van der Waals surface area contributed by atoms with Gasteiger partial charge in [0.05, 0.1) is 13.2 Å². The quantitative estimate of drug-likeness (QED) is 0.732. The lowest BCUT2D eigenvalue weighted by Gasteiger charge is -2.29. The smallest absolute Gasteiger partial charge is 0.198 e. The zero-order valence-electron chi connectivity index (χ0n) is 10.4. The van der Waals surface area contributed by atoms with Gasteiger partial charge in [0.25, 0.3) is 0 Å². The first-order valence-electron chi connectivity index (χ1n) is 6.50. The summed E-state index contributed by atoms with van der Waals surface area (Å²) in [5.41, 5.74) is 2.58. The Bertz CT molecular complexity index is 481. The van der Waals surface area contributed by atoms with Gasteiger partial charge in [-0.1, -0.05) is 0 Å². The summed E-state index contributed by atoms with van der Waals surface area (Å²) in [6, 6.07) is 0. The lowest BCUT2D eigenvalue weighted by Crippen LogP contribution is -2.37. The summed E-state index contributed by atoms with van der Waals surface area (Å²) in [4.78, 5) is 10.1. The minimum Gasteiger partial charge on any atom is -0.378 e. The molecule has 0 saturated carbocycles. The molecule has 0 aromatic carbocycles. The predicted molar refractivity (Wildman–Crippen MR) is 72.7 cm³/mol. The van der Waals surface area contributed by atoms with Gasteiger partial charge in [0.2, 0.25) is 0 Å². The topological polar surface area (TPSA) is 53.2 Å². The Morgan fingerprint density at radius 2 is 1.94 bits per heavy atom. The fourth-order valence-corrected chi connectivity index (χ4v) is 2.81. The second-order valence-corrected chi connectivity index (χ2v) is 5.06. The van der Waals surface area contributed by atoms with Crippen molar-refractivity contribution in [3.05, 3.63) is 16.0 Å². The van der Waals surface area contributed by atoms with Crippen molar-refractivity contribution in [1.29, 1.82) is 0 Å². The molecule has 5 nitrogen and oxygen atoms in total. The van der Waals surface area contributed by atoms with Crippen molar-refractivity contribution in [2.75, 3.05) is 44.3 Å². The number of nitrogens with one attached hydrogen (secondary N) is 2. The van der Waals surface area contributed by atoms with E-state index in [1.807, 2.05) is 0 Å². The van der Waals surface area contributed by atoms with Crippen LogP contribution in [0.15, 0.2) is 0 Å². The summed E-state index contributed by atoms with van der Waals surface area (Å²) >= 11 is 5.25. The van der Waals surface area contributed by atoms with Gasteiger partial charge < -0.3 is 19.9 Å². The van der Waals surface area contributed by atoms with Gasteiger partial charge >= 0.3 is 0 Å². The minimum absolute atomic E-state index is 0.595. The van der Waals surface area contributed by atoms with E-state index in [4.69, 9.17) is 17.0 Å². The third-order valence-electron chi connectivity index (χ3n) is 3.51. The molecule has 1 aromatic rings. The Kier molecular flexibility index (Phi) is 3.58. The first-order valence-corrected chi connectivity index (χ1v) is 6.91. The monoisotopic (exact) mass is 266 g/mol. The molecular weight excluding hydrogens is 248 g/mol. The molecule has 18 heavy (non-hydrogen) atoms. The van der Waals surface area contributed by atoms with E-state index < -0.39 is 0 Å². The van der Waals surface area contributed by atoms with Crippen LogP contribution in [0.5, 0.6) is 0 Å². The van der Waals surface area contributed by atoms with Crippen LogP contribution >= 0.6 is 12.2 Å². The van der Waals surface area contributed by atoms with Gasteiger partial charge in [-0.15, -0.1) is 0 Å². The number of anilines is 1. The van der Waals surface area contributed by atoms with Crippen LogP contribution in [0.3, 0.4) is 0 Å². The molecule has 0 spiro atoms. The standard InChI is InChI=1S/C12H18N4OS/c18-12-14-10-2-4-13-3-1-9(10)11(15-12)16-5-7-17-8-6-16/h13H,1-8H2,(H,14,15,18). The van der Waals surface area contributed by atoms with E-state index in [0.717, 1.165) is 58.1 Å². The Balaban J connectivity index is 2.01. The first-order chi connectivity index (χ1) is 8.84. The summed E-state index contributed by atoms with van der Waals surface area (Å²) in [7, 11) is 0. The first kappa shape index (κ1) is 12.1. The van der Waals surface area contributed by atoms with Gasteiger partial charge in [-0.25, -0.2) is 4.98 Å². The SMILES string of the molecule is S=c1nc(N2CCOCC2)c2c([nH]1)CCNCC2. The van der Waals surface area contributed by atoms with E-state index >= 15 is 0 Å². The Hall–Kier alpha value is -0.980. The van der Waals surface area contributed by atoms with Gasteiger partial charge in [0, 0.05) is 37.3 Å². The third-order valence-corrected chi connectivity index (χ3v) is 3.71. The van der Waals surface area contributed by atoms with Crippen molar-refractivity contribution >= 4 is 18.0 Å². The van der Waals surface area contributed by atoms with E-state index in [9.17, 15) is 0 Å². The summed E-state index contributed by atoms with van der Waals surface area (Å²) < 4.78 is 6.00. The Labute approximate surface area is 112 Å². The number of hydrogen-bond donors (Lipinski definition) is 2. The maximum atomic E-state index is 5.40. The van der Waals surface area contributed by atoms with Gasteiger partial charge in [-0.2, -0.15) is 0 Å². The maximum Gasteiger partial charge on any atom is 0.198 e. The molecule has 1 aromatic heterocycles. The second kappa shape index (κ2) is 5.34. The van der Waals surface area contributed by atoms with Crippen LogP contribution in [0.4, 0.5) is 5.82 Å². The molecule has 6 heteroatoms. The molecule has 0 amide bonds. The number of nitrogens with zero attached hydrogens (tertiary/aromatic N) is 2. The second-order valence-electron chi connectivity index (χ2n) is 4.67. The van der Waals surface area contributed by atoms with E-state index in [2.05, 4.69) is 20.2 Å². The zero-order chi connectivity index (χ0) is 12.4. The average Bonchev–Trinajstić information content (AvgIpc) is 2.64. The molecular formula is C12H18N4OS. The maximum absolute atomic E-state index is 5.40. The molecule has 1 fully saturated rings. The van der Waals surface area contributed by atoms with E-state index in [1.165, 1.54) is 11.3 Å². The number of ether oxygens (including phenoxy) is 1. The summed E-state index contributed by atoms with van der Waals surface area (Å²) in [6.45, 7) is 5.39. The predicted octanol–water partition coefficient (Wildman–Crippen LogP) is 0.664. The molecule has 3 rings (SSSR count). The molecule has 3 heterocycles. The largest absolute Gasteiger partial charge is 0.378 e. The molecule has 0 bridgehead atoms.